The molecule has 38 heavy (non-hydrogen) atoms. The van der Waals surface area contributed by atoms with Gasteiger partial charge in [0.2, 0.25) is 0 Å². The lowest BCUT2D eigenvalue weighted by Crippen LogP contribution is -2.67. The highest BCUT2D eigenvalue weighted by molar-refractivity contribution is 7.11. The number of ether oxygens (including phenoxy) is 2. The van der Waals surface area contributed by atoms with E-state index in [-0.39, 0.29) is 48.7 Å². The normalized spacial score (nSPS) is 27.5. The summed E-state index contributed by atoms with van der Waals surface area (Å²) in [5.74, 6) is -1.70. The van der Waals surface area contributed by atoms with E-state index in [4.69, 9.17) is 31.8 Å². The van der Waals surface area contributed by atoms with Gasteiger partial charge in [0.25, 0.3) is 0 Å². The highest BCUT2D eigenvalue weighted by Gasteiger charge is 2.50. The molecule has 1 aromatic heterocycles. The summed E-state index contributed by atoms with van der Waals surface area (Å²) < 4.78 is 25.1. The van der Waals surface area contributed by atoms with Crippen LogP contribution in [0.25, 0.3) is 0 Å². The van der Waals surface area contributed by atoms with Crippen LogP contribution in [0.5, 0.6) is 0 Å². The van der Waals surface area contributed by atoms with Crippen molar-refractivity contribution in [3.63, 3.8) is 0 Å². The fourth-order valence-electron chi connectivity index (χ4n) is 5.29. The molecule has 0 spiro atoms. The maximum Gasteiger partial charge on any atom is 0.338 e. The number of carbonyl (C=O) groups is 2. The third-order valence-electron chi connectivity index (χ3n) is 7.04. The van der Waals surface area contributed by atoms with Crippen molar-refractivity contribution in [1.82, 2.24) is 15.2 Å². The Hall–Kier alpha value is -2.90. The van der Waals surface area contributed by atoms with Gasteiger partial charge in [-0.1, -0.05) is 17.7 Å². The van der Waals surface area contributed by atoms with E-state index >= 15 is 0 Å². The van der Waals surface area contributed by atoms with Crippen LogP contribution in [-0.2, 0) is 19.1 Å². The van der Waals surface area contributed by atoms with Gasteiger partial charge in [-0.25, -0.2) is 14.2 Å². The second-order valence-corrected chi connectivity index (χ2v) is 10.8. The maximum absolute atomic E-state index is 13.9. The van der Waals surface area contributed by atoms with Gasteiger partial charge in [0.15, 0.2) is 10.8 Å². The summed E-state index contributed by atoms with van der Waals surface area (Å²) in [4.78, 5) is 36.6. The number of morpholine rings is 1. The van der Waals surface area contributed by atoms with Crippen LogP contribution < -0.4 is 11.1 Å². The average Bonchev–Trinajstić information content (AvgIpc) is 3.39. The monoisotopic (exact) mass is 563 g/mol. The fraction of sp³-hybridized carbons (Fsp3) is 0.440. The first-order valence-corrected chi connectivity index (χ1v) is 13.4. The Labute approximate surface area is 227 Å². The Balaban J connectivity index is 1.59. The molecule has 10 nitrogen and oxygen atoms in total. The average molecular weight is 564 g/mol. The minimum Gasteiger partial charge on any atom is -0.480 e. The van der Waals surface area contributed by atoms with E-state index < -0.39 is 29.3 Å². The van der Waals surface area contributed by atoms with Crippen molar-refractivity contribution in [3.8, 4) is 0 Å². The molecule has 2 saturated heterocycles. The number of nitrogens with one attached hydrogen (secondary N) is 1. The quantitative estimate of drug-likeness (QED) is 0.433. The number of nitrogens with two attached hydrogens (primary N) is 1. The number of carboxylic acids is 1. The molecule has 3 aliphatic rings. The van der Waals surface area contributed by atoms with Gasteiger partial charge >= 0.3 is 11.9 Å². The molecule has 0 amide bonds. The Morgan fingerprint density at radius 1 is 1.37 bits per heavy atom. The molecule has 2 aromatic rings. The van der Waals surface area contributed by atoms with E-state index in [0.29, 0.717) is 35.3 Å². The molecule has 2 unspecified atom stereocenters. The van der Waals surface area contributed by atoms with Gasteiger partial charge in [-0.05, 0) is 31.9 Å². The summed E-state index contributed by atoms with van der Waals surface area (Å²) in [5.41, 5.74) is 6.11. The zero-order valence-electron chi connectivity index (χ0n) is 20.5. The number of esters is 1. The zero-order valence-corrected chi connectivity index (χ0v) is 22.1. The highest BCUT2D eigenvalue weighted by Crippen LogP contribution is 2.39. The summed E-state index contributed by atoms with van der Waals surface area (Å²) in [5, 5.41) is 15.6. The second-order valence-electron chi connectivity index (χ2n) is 9.51. The predicted octanol–water partition coefficient (Wildman–Crippen LogP) is 2.49. The smallest absolute Gasteiger partial charge is 0.338 e. The number of carbonyl (C=O) groups excluding carboxylic acids is 1. The minimum atomic E-state index is -1.36. The van der Waals surface area contributed by atoms with Gasteiger partial charge in [-0.2, -0.15) is 0 Å². The number of rotatable bonds is 7. The molecule has 3 atom stereocenters. The number of thiazole rings is 1. The van der Waals surface area contributed by atoms with Gasteiger partial charge in [0, 0.05) is 46.5 Å². The molecule has 1 aromatic carbocycles. The molecule has 5 rings (SSSR count). The number of nitrogens with zero attached hydrogens (tertiary/aromatic N) is 3. The molecule has 13 heteroatoms. The number of piperidine rings is 1. The van der Waals surface area contributed by atoms with Crippen molar-refractivity contribution >= 4 is 40.7 Å². The van der Waals surface area contributed by atoms with E-state index in [0.717, 1.165) is 0 Å². The standard InChI is InChI=1S/C25H27ClFN5O5S/c1-2-37-23(33)19-18(10-32-14-8-25(28,24(34)35)9-15(32)12-36-11-14)30-21(22-29-5-6-38-22)31-20(19)16-4-3-13(27)7-17(16)26/h3-7,14-15,20H,2,8-12,28H2,1H3,(H,30,31)(H,34,35)/t14?,15?,20-,25?/m0/s1. The SMILES string of the molecule is CCOC(=O)C1=C(CN2C3COCC2CC(N)(C(=O)O)C3)NC(c2nccs2)=N[C@H]1c1ccc(F)cc1Cl. The van der Waals surface area contributed by atoms with E-state index in [9.17, 15) is 19.1 Å². The lowest BCUT2D eigenvalue weighted by molar-refractivity contribution is -0.153. The molecule has 3 aliphatic heterocycles. The van der Waals surface area contributed by atoms with Crippen molar-refractivity contribution in [2.45, 2.75) is 43.4 Å². The van der Waals surface area contributed by atoms with Gasteiger partial charge in [0.05, 0.1) is 25.4 Å². The fourth-order valence-corrected chi connectivity index (χ4v) is 6.15. The topological polar surface area (TPSA) is 139 Å². The lowest BCUT2D eigenvalue weighted by atomic mass is 9.79. The summed E-state index contributed by atoms with van der Waals surface area (Å²) in [6, 6.07) is 2.51. The molecule has 0 radical (unpaired) electrons. The number of carboxylic acid groups (broad SMARTS) is 1. The minimum absolute atomic E-state index is 0.123. The Bertz CT molecular complexity index is 1290. The summed E-state index contributed by atoms with van der Waals surface area (Å²) in [7, 11) is 0. The van der Waals surface area contributed by atoms with Crippen molar-refractivity contribution in [2.24, 2.45) is 10.7 Å². The van der Waals surface area contributed by atoms with E-state index in [2.05, 4.69) is 15.2 Å². The highest BCUT2D eigenvalue weighted by atomic mass is 35.5. The van der Waals surface area contributed by atoms with Crippen molar-refractivity contribution in [1.29, 1.82) is 0 Å². The molecule has 0 aliphatic carbocycles. The number of fused-ring (bicyclic) bond motifs is 2. The summed E-state index contributed by atoms with van der Waals surface area (Å²) >= 11 is 7.82. The van der Waals surface area contributed by atoms with Crippen molar-refractivity contribution in [3.05, 3.63) is 62.5 Å². The van der Waals surface area contributed by atoms with Crippen molar-refractivity contribution in [2.75, 3.05) is 26.4 Å². The van der Waals surface area contributed by atoms with Crippen LogP contribution in [0.1, 0.15) is 36.4 Å². The van der Waals surface area contributed by atoms with Gasteiger partial charge in [-0.3, -0.25) is 14.7 Å². The number of amidine groups is 1. The number of benzene rings is 1. The van der Waals surface area contributed by atoms with Gasteiger partial charge in [0.1, 0.15) is 17.4 Å². The van der Waals surface area contributed by atoms with Crippen LogP contribution in [0.4, 0.5) is 4.39 Å². The molecule has 2 fully saturated rings. The number of hydrogen-bond acceptors (Lipinski definition) is 10. The first-order chi connectivity index (χ1) is 18.2. The van der Waals surface area contributed by atoms with Crippen LogP contribution in [0.3, 0.4) is 0 Å². The lowest BCUT2D eigenvalue weighted by Gasteiger charge is -2.51. The molecule has 202 valence electrons. The van der Waals surface area contributed by atoms with Crippen LogP contribution in [-0.4, -0.2) is 76.8 Å². The predicted molar refractivity (Wildman–Crippen MR) is 138 cm³/mol. The van der Waals surface area contributed by atoms with Gasteiger partial charge < -0.3 is 25.6 Å². The Kier molecular flexibility index (Phi) is 7.51. The summed E-state index contributed by atoms with van der Waals surface area (Å²) in [6.45, 7) is 2.72. The number of halogens is 2. The third kappa shape index (κ3) is 5.06. The molecular weight excluding hydrogens is 537 g/mol. The number of aliphatic carboxylic acids is 1. The molecule has 2 bridgehead atoms. The maximum atomic E-state index is 13.9. The van der Waals surface area contributed by atoms with Crippen LogP contribution in [0.2, 0.25) is 5.02 Å². The summed E-state index contributed by atoms with van der Waals surface area (Å²) in [6.07, 6.45) is 2.04. The van der Waals surface area contributed by atoms with Crippen LogP contribution in [0.15, 0.2) is 46.0 Å². The molecular formula is C25H27ClFN5O5S. The Morgan fingerprint density at radius 3 is 2.71 bits per heavy atom. The largest absolute Gasteiger partial charge is 0.480 e. The number of aliphatic imine (C=N–C) groups is 1. The van der Waals surface area contributed by atoms with E-state index in [1.54, 1.807) is 13.1 Å². The van der Waals surface area contributed by atoms with Crippen LogP contribution >= 0.6 is 22.9 Å². The first kappa shape index (κ1) is 26.7. The zero-order chi connectivity index (χ0) is 27.0. The number of hydrogen-bond donors (Lipinski definition) is 3. The van der Waals surface area contributed by atoms with Gasteiger partial charge in [-0.15, -0.1) is 11.3 Å². The molecule has 4 heterocycles. The van der Waals surface area contributed by atoms with Crippen LogP contribution in [0, 0.1) is 5.82 Å². The first-order valence-electron chi connectivity index (χ1n) is 12.2. The third-order valence-corrected chi connectivity index (χ3v) is 8.15. The van der Waals surface area contributed by atoms with E-state index in [1.807, 2.05) is 5.38 Å². The molecule has 0 saturated carbocycles. The Morgan fingerprint density at radius 2 is 2.11 bits per heavy atom. The second kappa shape index (κ2) is 10.7. The number of aromatic nitrogens is 1. The van der Waals surface area contributed by atoms with Crippen molar-refractivity contribution < 1.29 is 28.6 Å². The molecule has 4 N–H and O–H groups in total. The van der Waals surface area contributed by atoms with E-state index in [1.165, 1.54) is 29.5 Å².